The number of carbonyl (C=O) groups excluding carboxylic acids is 3. The summed E-state index contributed by atoms with van der Waals surface area (Å²) in [5.74, 6) is -1.30. The summed E-state index contributed by atoms with van der Waals surface area (Å²) in [5.41, 5.74) is 3.82. The van der Waals surface area contributed by atoms with Crippen LogP contribution in [0.1, 0.15) is 35.6 Å². The van der Waals surface area contributed by atoms with Crippen LogP contribution in [-0.4, -0.2) is 80.8 Å². The number of morpholine rings is 1. The highest BCUT2D eigenvalue weighted by atomic mass is 32.2. The van der Waals surface area contributed by atoms with Crippen molar-refractivity contribution < 1.29 is 27.5 Å². The smallest absolute Gasteiger partial charge is 0.252 e. The number of nitrogens with one attached hydrogen (secondary N) is 1. The van der Waals surface area contributed by atoms with Gasteiger partial charge in [0.1, 0.15) is 6.04 Å². The molecule has 2 aromatic carbocycles. The Balaban J connectivity index is 1.71. The molecule has 2 saturated heterocycles. The lowest BCUT2D eigenvalue weighted by molar-refractivity contribution is -0.122. The predicted octanol–water partition coefficient (Wildman–Crippen LogP) is 2.53. The Morgan fingerprint density at radius 1 is 1.03 bits per heavy atom. The number of rotatable bonds is 8. The van der Waals surface area contributed by atoms with E-state index in [9.17, 15) is 22.8 Å². The van der Waals surface area contributed by atoms with Gasteiger partial charge in [-0.3, -0.25) is 19.3 Å². The van der Waals surface area contributed by atoms with Crippen molar-refractivity contribution in [3.05, 3.63) is 52.6 Å². The Bertz CT molecular complexity index is 1360. The summed E-state index contributed by atoms with van der Waals surface area (Å²) in [6.45, 7) is 11.6. The largest absolute Gasteiger partial charge is 0.379 e. The van der Waals surface area contributed by atoms with Gasteiger partial charge in [0.2, 0.25) is 21.8 Å². The number of aryl methyl sites for hydroxylation is 2. The predicted molar refractivity (Wildman–Crippen MR) is 148 cm³/mol. The van der Waals surface area contributed by atoms with Crippen LogP contribution >= 0.6 is 0 Å². The van der Waals surface area contributed by atoms with Gasteiger partial charge in [0.25, 0.3) is 5.91 Å². The van der Waals surface area contributed by atoms with Gasteiger partial charge in [-0.2, -0.15) is 4.31 Å². The topological polar surface area (TPSA) is 116 Å². The van der Waals surface area contributed by atoms with Crippen LogP contribution in [0.15, 0.2) is 35.2 Å². The zero-order chi connectivity index (χ0) is 28.5. The van der Waals surface area contributed by atoms with Crippen LogP contribution in [0.4, 0.5) is 11.4 Å². The highest BCUT2D eigenvalue weighted by Gasteiger charge is 2.47. The molecule has 2 aliphatic rings. The number of benzene rings is 2. The zero-order valence-electron chi connectivity index (χ0n) is 23.1. The molecule has 210 valence electrons. The maximum atomic E-state index is 14.3. The Hall–Kier alpha value is -3.12. The zero-order valence-corrected chi connectivity index (χ0v) is 23.9. The first-order valence-electron chi connectivity index (χ1n) is 13.1. The summed E-state index contributed by atoms with van der Waals surface area (Å²) in [6.07, 6.45) is -0.252. The highest BCUT2D eigenvalue weighted by molar-refractivity contribution is 7.89. The molecule has 2 aliphatic heterocycles. The fourth-order valence-corrected chi connectivity index (χ4v) is 7.35. The summed E-state index contributed by atoms with van der Waals surface area (Å²) in [4.78, 5) is 41.6. The summed E-state index contributed by atoms with van der Waals surface area (Å²) in [5, 5.41) is 2.65. The fourth-order valence-electron chi connectivity index (χ4n) is 5.20. The van der Waals surface area contributed by atoms with Gasteiger partial charge in [-0.05, 0) is 74.2 Å². The van der Waals surface area contributed by atoms with Crippen LogP contribution < -0.4 is 10.2 Å². The van der Waals surface area contributed by atoms with E-state index < -0.39 is 27.9 Å². The van der Waals surface area contributed by atoms with Crippen molar-refractivity contribution in [3.8, 4) is 0 Å². The van der Waals surface area contributed by atoms with Crippen LogP contribution in [0.5, 0.6) is 0 Å². The van der Waals surface area contributed by atoms with E-state index in [0.29, 0.717) is 55.3 Å². The average Bonchev–Trinajstić information content (AvgIpc) is 3.17. The van der Waals surface area contributed by atoms with Gasteiger partial charge >= 0.3 is 0 Å². The van der Waals surface area contributed by atoms with Gasteiger partial charge < -0.3 is 10.1 Å². The molecule has 10 nitrogen and oxygen atoms in total. The number of ether oxygens (including phenoxy) is 1. The Kier molecular flexibility index (Phi) is 8.55. The quantitative estimate of drug-likeness (QED) is 0.497. The van der Waals surface area contributed by atoms with Crippen molar-refractivity contribution in [2.75, 3.05) is 49.6 Å². The molecule has 0 saturated carbocycles. The van der Waals surface area contributed by atoms with E-state index in [1.807, 2.05) is 19.9 Å². The number of carbonyl (C=O) groups is 3. The van der Waals surface area contributed by atoms with E-state index in [-0.39, 0.29) is 23.8 Å². The van der Waals surface area contributed by atoms with E-state index in [4.69, 9.17) is 4.74 Å². The maximum Gasteiger partial charge on any atom is 0.252 e. The van der Waals surface area contributed by atoms with Crippen LogP contribution in [0, 0.1) is 27.7 Å². The van der Waals surface area contributed by atoms with E-state index in [0.717, 1.165) is 16.0 Å². The van der Waals surface area contributed by atoms with Crippen LogP contribution in [0.2, 0.25) is 0 Å². The third-order valence-electron chi connectivity index (χ3n) is 7.52. The van der Waals surface area contributed by atoms with Crippen molar-refractivity contribution in [2.45, 2.75) is 52.0 Å². The van der Waals surface area contributed by atoms with Gasteiger partial charge in [0, 0.05) is 38.8 Å². The minimum Gasteiger partial charge on any atom is -0.379 e. The molecule has 0 aromatic heterocycles. The van der Waals surface area contributed by atoms with Crippen molar-refractivity contribution in [3.63, 3.8) is 0 Å². The fraction of sp³-hybridized carbons (Fsp3) is 0.464. The van der Waals surface area contributed by atoms with Gasteiger partial charge in [-0.25, -0.2) is 13.3 Å². The molecule has 1 N–H and O–H groups in total. The van der Waals surface area contributed by atoms with Gasteiger partial charge in [-0.1, -0.05) is 6.07 Å². The summed E-state index contributed by atoms with van der Waals surface area (Å²) in [7, 11) is -4.15. The van der Waals surface area contributed by atoms with Crippen LogP contribution in [-0.2, 0) is 29.1 Å². The molecule has 2 fully saturated rings. The van der Waals surface area contributed by atoms with Crippen LogP contribution in [0.25, 0.3) is 0 Å². The second-order valence-corrected chi connectivity index (χ2v) is 12.0. The SMILES string of the molecule is CC(=O)Nc1ccc(N2C(=O)CC(N(CCN3CCOCC3)S(=O)(=O)c3c(C)c(C)cc(C)c3C)C2=O)cc1. The number of amides is 3. The van der Waals surface area contributed by atoms with Crippen molar-refractivity contribution in [1.82, 2.24) is 9.21 Å². The minimum atomic E-state index is -4.15. The molecule has 0 bridgehead atoms. The molecule has 11 heteroatoms. The average molecular weight is 557 g/mol. The molecule has 3 amide bonds. The third-order valence-corrected chi connectivity index (χ3v) is 9.70. The first-order chi connectivity index (χ1) is 18.4. The van der Waals surface area contributed by atoms with E-state index in [1.54, 1.807) is 38.1 Å². The van der Waals surface area contributed by atoms with Crippen molar-refractivity contribution >= 4 is 39.1 Å². The molecular formula is C28H36N4O6S. The van der Waals surface area contributed by atoms with E-state index in [1.165, 1.54) is 11.2 Å². The van der Waals surface area contributed by atoms with Crippen molar-refractivity contribution in [1.29, 1.82) is 0 Å². The molecule has 0 aliphatic carbocycles. The number of hydrogen-bond donors (Lipinski definition) is 1. The number of hydrogen-bond acceptors (Lipinski definition) is 7. The Morgan fingerprint density at radius 2 is 1.62 bits per heavy atom. The molecule has 0 radical (unpaired) electrons. The molecule has 2 heterocycles. The summed E-state index contributed by atoms with van der Waals surface area (Å²) >= 11 is 0. The number of anilines is 2. The molecule has 39 heavy (non-hydrogen) atoms. The number of sulfonamides is 1. The standard InChI is InChI=1S/C28H36N4O6S/c1-18-16-19(2)21(4)27(20(18)3)39(36,37)31(11-10-30-12-14-38-15-13-30)25-17-26(34)32(28(25)35)24-8-6-23(7-9-24)29-22(5)33/h6-9,16,25H,10-15,17H2,1-5H3,(H,29,33). The molecular weight excluding hydrogens is 520 g/mol. The van der Waals surface area contributed by atoms with E-state index >= 15 is 0 Å². The second-order valence-electron chi connectivity index (χ2n) is 10.2. The minimum absolute atomic E-state index is 0.0627. The lowest BCUT2D eigenvalue weighted by Gasteiger charge is -2.32. The normalized spacial score (nSPS) is 18.7. The Morgan fingerprint density at radius 3 is 2.18 bits per heavy atom. The van der Waals surface area contributed by atoms with Gasteiger partial charge in [-0.15, -0.1) is 0 Å². The van der Waals surface area contributed by atoms with Crippen LogP contribution in [0.3, 0.4) is 0 Å². The highest BCUT2D eigenvalue weighted by Crippen LogP contribution is 2.33. The third kappa shape index (κ3) is 5.91. The monoisotopic (exact) mass is 556 g/mol. The molecule has 1 atom stereocenters. The maximum absolute atomic E-state index is 14.3. The van der Waals surface area contributed by atoms with Gasteiger partial charge in [0.15, 0.2) is 0 Å². The lowest BCUT2D eigenvalue weighted by Crippen LogP contribution is -2.49. The summed E-state index contributed by atoms with van der Waals surface area (Å²) < 4.78 is 35.3. The number of imide groups is 1. The summed E-state index contributed by atoms with van der Waals surface area (Å²) in [6, 6.07) is 7.11. The molecule has 2 aromatic rings. The molecule has 4 rings (SSSR count). The number of nitrogens with zero attached hydrogens (tertiary/aromatic N) is 3. The Labute approximate surface area is 230 Å². The molecule has 0 spiro atoms. The first-order valence-corrected chi connectivity index (χ1v) is 14.5. The second kappa shape index (κ2) is 11.5. The molecule has 1 unspecified atom stereocenters. The van der Waals surface area contributed by atoms with Gasteiger partial charge in [0.05, 0.1) is 30.2 Å². The van der Waals surface area contributed by atoms with Crippen molar-refractivity contribution in [2.24, 2.45) is 0 Å². The lowest BCUT2D eigenvalue weighted by atomic mass is 10.0. The first kappa shape index (κ1) is 28.9. The van der Waals surface area contributed by atoms with E-state index in [2.05, 4.69) is 10.2 Å².